The maximum absolute atomic E-state index is 10.4. The fourth-order valence-corrected chi connectivity index (χ4v) is 1.32. The molecule has 1 aromatic carbocycles. The van der Waals surface area contributed by atoms with Crippen molar-refractivity contribution in [1.82, 2.24) is 10.1 Å². The third-order valence-corrected chi connectivity index (χ3v) is 2.02. The Bertz CT molecular complexity index is 558. The van der Waals surface area contributed by atoms with Gasteiger partial charge in [-0.2, -0.15) is 4.98 Å². The number of aromatic nitrogens is 2. The number of nitrogens with zero attached hydrogens (tertiary/aromatic N) is 1. The summed E-state index contributed by atoms with van der Waals surface area (Å²) in [6, 6.07) is 6.65. The van der Waals surface area contributed by atoms with Crippen molar-refractivity contribution in [3.05, 3.63) is 29.1 Å². The van der Waals surface area contributed by atoms with Gasteiger partial charge in [0.1, 0.15) is 0 Å². The number of hydrogen-bond acceptors (Lipinski definition) is 4. The van der Waals surface area contributed by atoms with Gasteiger partial charge >= 0.3 is 10.9 Å². The minimum absolute atomic E-state index is 0.128. The summed E-state index contributed by atoms with van der Waals surface area (Å²) in [5.41, 5.74) is 1.24. The van der Waals surface area contributed by atoms with Crippen molar-refractivity contribution in [3.63, 3.8) is 0 Å². The summed E-state index contributed by atoms with van der Waals surface area (Å²) < 4.78 is 4.78. The van der Waals surface area contributed by atoms with Crippen LogP contribution in [0.5, 0.6) is 0 Å². The lowest BCUT2D eigenvalue weighted by molar-refractivity contribution is 0.210. The van der Waals surface area contributed by atoms with Crippen molar-refractivity contribution >= 4 is 24.0 Å². The molecular formula is C9H7N3O3S. The topological polar surface area (TPSA) is 91.2 Å². The van der Waals surface area contributed by atoms with Crippen LogP contribution < -0.4 is 5.32 Å². The molecule has 0 aliphatic carbocycles. The van der Waals surface area contributed by atoms with Crippen LogP contribution in [-0.4, -0.2) is 21.3 Å². The van der Waals surface area contributed by atoms with Crippen molar-refractivity contribution in [2.24, 2.45) is 0 Å². The molecule has 0 saturated carbocycles. The highest BCUT2D eigenvalue weighted by Crippen LogP contribution is 2.17. The van der Waals surface area contributed by atoms with E-state index in [1.165, 1.54) is 0 Å². The summed E-state index contributed by atoms with van der Waals surface area (Å²) in [6.45, 7) is 0. The lowest BCUT2D eigenvalue weighted by Gasteiger charge is -2.00. The number of benzene rings is 1. The van der Waals surface area contributed by atoms with Crippen LogP contribution in [0.2, 0.25) is 0 Å². The van der Waals surface area contributed by atoms with Crippen LogP contribution in [0.3, 0.4) is 0 Å². The molecule has 1 amide bonds. The molecule has 6 nitrogen and oxygen atoms in total. The van der Waals surface area contributed by atoms with E-state index in [1.54, 1.807) is 24.3 Å². The number of carboxylic acid groups (broad SMARTS) is 1. The third kappa shape index (κ3) is 2.26. The maximum Gasteiger partial charge on any atom is 0.409 e. The number of H-pyrrole nitrogens is 1. The summed E-state index contributed by atoms with van der Waals surface area (Å²) >= 11 is 4.72. The second-order valence-electron chi connectivity index (χ2n) is 2.94. The molecular weight excluding hydrogens is 230 g/mol. The Hall–Kier alpha value is -2.15. The Labute approximate surface area is 94.9 Å². The Kier molecular flexibility index (Phi) is 2.69. The molecule has 7 heteroatoms. The van der Waals surface area contributed by atoms with E-state index < -0.39 is 6.09 Å². The van der Waals surface area contributed by atoms with Gasteiger partial charge in [0.25, 0.3) is 0 Å². The van der Waals surface area contributed by atoms with E-state index in [9.17, 15) is 4.79 Å². The van der Waals surface area contributed by atoms with Crippen molar-refractivity contribution in [2.75, 3.05) is 5.32 Å². The minimum atomic E-state index is -1.10. The largest absolute Gasteiger partial charge is 0.465 e. The second-order valence-corrected chi connectivity index (χ2v) is 3.29. The van der Waals surface area contributed by atoms with Crippen LogP contribution in [0.1, 0.15) is 0 Å². The molecule has 0 aliphatic rings. The van der Waals surface area contributed by atoms with Gasteiger partial charge in [0.15, 0.2) is 5.82 Å². The molecule has 0 aliphatic heterocycles. The Morgan fingerprint density at radius 2 is 2.12 bits per heavy atom. The zero-order valence-electron chi connectivity index (χ0n) is 7.93. The number of nitrogens with one attached hydrogen (secondary N) is 2. The quantitative estimate of drug-likeness (QED) is 0.698. The molecule has 0 fully saturated rings. The van der Waals surface area contributed by atoms with Crippen molar-refractivity contribution in [1.29, 1.82) is 0 Å². The minimum Gasteiger partial charge on any atom is -0.465 e. The number of amides is 1. The lowest BCUT2D eigenvalue weighted by atomic mass is 10.2. The first-order chi connectivity index (χ1) is 7.65. The molecule has 0 unspecified atom stereocenters. The summed E-state index contributed by atoms with van der Waals surface area (Å²) in [4.78, 5) is 14.4. The van der Waals surface area contributed by atoms with E-state index in [4.69, 9.17) is 21.8 Å². The normalized spacial score (nSPS) is 10.0. The summed E-state index contributed by atoms with van der Waals surface area (Å²) in [5, 5.41) is 13.3. The first-order valence-corrected chi connectivity index (χ1v) is 4.72. The van der Waals surface area contributed by atoms with Crippen molar-refractivity contribution in [3.8, 4) is 11.4 Å². The molecule has 0 saturated heterocycles. The molecule has 2 rings (SSSR count). The van der Waals surface area contributed by atoms with Crippen LogP contribution in [0.15, 0.2) is 28.8 Å². The number of aromatic amines is 1. The SMILES string of the molecule is O=C(O)Nc1ccc(-c2nc(=S)o[nH]2)cc1. The maximum atomic E-state index is 10.4. The van der Waals surface area contributed by atoms with Crippen LogP contribution >= 0.6 is 12.2 Å². The molecule has 1 heterocycles. The predicted molar refractivity (Wildman–Crippen MR) is 58.8 cm³/mol. The Morgan fingerprint density at radius 3 is 2.62 bits per heavy atom. The molecule has 0 atom stereocenters. The fourth-order valence-electron chi connectivity index (χ4n) is 1.19. The smallest absolute Gasteiger partial charge is 0.409 e. The summed E-state index contributed by atoms with van der Waals surface area (Å²) in [6.07, 6.45) is -1.10. The average Bonchev–Trinajstić information content (AvgIpc) is 2.65. The first kappa shape index (κ1) is 10.4. The van der Waals surface area contributed by atoms with Crippen LogP contribution in [0, 0.1) is 4.84 Å². The fraction of sp³-hybridized carbons (Fsp3) is 0. The van der Waals surface area contributed by atoms with Crippen molar-refractivity contribution < 1.29 is 14.4 Å². The van der Waals surface area contributed by atoms with Gasteiger partial charge in [-0.05, 0) is 36.5 Å². The molecule has 2 aromatic rings. The van der Waals surface area contributed by atoms with Gasteiger partial charge in [-0.25, -0.2) is 9.95 Å². The van der Waals surface area contributed by atoms with E-state index in [0.717, 1.165) is 5.56 Å². The molecule has 0 spiro atoms. The van der Waals surface area contributed by atoms with E-state index in [-0.39, 0.29) is 4.84 Å². The van der Waals surface area contributed by atoms with Gasteiger partial charge in [0, 0.05) is 11.3 Å². The van der Waals surface area contributed by atoms with Crippen LogP contribution in [0.4, 0.5) is 10.5 Å². The molecule has 3 N–H and O–H groups in total. The lowest BCUT2D eigenvalue weighted by Crippen LogP contribution is -2.06. The highest BCUT2D eigenvalue weighted by molar-refractivity contribution is 7.71. The molecule has 1 aromatic heterocycles. The highest BCUT2D eigenvalue weighted by Gasteiger charge is 2.03. The summed E-state index contributed by atoms with van der Waals surface area (Å²) in [5.74, 6) is 0.506. The van der Waals surface area contributed by atoms with Gasteiger partial charge in [-0.15, -0.1) is 0 Å². The number of hydrogen-bond donors (Lipinski definition) is 3. The monoisotopic (exact) mass is 237 g/mol. The van der Waals surface area contributed by atoms with E-state index >= 15 is 0 Å². The standard InChI is InChI=1S/C9H7N3O3S/c13-8(14)10-6-3-1-5(2-4-6)7-11-9(16)15-12-7/h1-4,10H,(H,13,14)(H,11,12,16). The van der Waals surface area contributed by atoms with Crippen molar-refractivity contribution in [2.45, 2.75) is 0 Å². The zero-order valence-corrected chi connectivity index (χ0v) is 8.75. The van der Waals surface area contributed by atoms with Gasteiger partial charge in [0.05, 0.1) is 0 Å². The third-order valence-electron chi connectivity index (χ3n) is 1.85. The van der Waals surface area contributed by atoms with Gasteiger partial charge < -0.3 is 9.63 Å². The number of rotatable bonds is 2. The van der Waals surface area contributed by atoms with E-state index in [0.29, 0.717) is 11.5 Å². The van der Waals surface area contributed by atoms with Crippen LogP contribution in [-0.2, 0) is 0 Å². The molecule has 0 radical (unpaired) electrons. The summed E-state index contributed by atoms with van der Waals surface area (Å²) in [7, 11) is 0. The molecule has 0 bridgehead atoms. The van der Waals surface area contributed by atoms with Gasteiger partial charge in [-0.3, -0.25) is 5.32 Å². The first-order valence-electron chi connectivity index (χ1n) is 4.31. The van der Waals surface area contributed by atoms with Gasteiger partial charge in [-0.1, -0.05) is 0 Å². The second kappa shape index (κ2) is 4.15. The number of carbonyl (C=O) groups is 1. The van der Waals surface area contributed by atoms with Crippen LogP contribution in [0.25, 0.3) is 11.4 Å². The Morgan fingerprint density at radius 1 is 1.44 bits per heavy atom. The Balaban J connectivity index is 2.25. The van der Waals surface area contributed by atoms with E-state index in [2.05, 4.69) is 15.5 Å². The molecule has 16 heavy (non-hydrogen) atoms. The zero-order chi connectivity index (χ0) is 11.5. The highest BCUT2D eigenvalue weighted by atomic mass is 32.1. The van der Waals surface area contributed by atoms with Gasteiger partial charge in [0.2, 0.25) is 0 Å². The number of anilines is 1. The van der Waals surface area contributed by atoms with E-state index in [1.807, 2.05) is 0 Å². The average molecular weight is 237 g/mol. The predicted octanol–water partition coefficient (Wildman–Crippen LogP) is 2.49. The molecule has 82 valence electrons.